The number of hydrogen-bond acceptors (Lipinski definition) is 2. The summed E-state index contributed by atoms with van der Waals surface area (Å²) in [7, 11) is -0.404. The van der Waals surface area contributed by atoms with Gasteiger partial charge in [-0.25, -0.2) is 0 Å². The van der Waals surface area contributed by atoms with Crippen LogP contribution in [0.15, 0.2) is 0 Å². The normalized spacial score (nSPS) is 11.4. The highest BCUT2D eigenvalue weighted by molar-refractivity contribution is 7.24. The lowest BCUT2D eigenvalue weighted by molar-refractivity contribution is 0.312. The van der Waals surface area contributed by atoms with Gasteiger partial charge < -0.3 is 9.42 Å². The van der Waals surface area contributed by atoms with Crippen molar-refractivity contribution in [1.82, 2.24) is 0 Å². The van der Waals surface area contributed by atoms with Crippen molar-refractivity contribution >= 4 is 9.03 Å². The number of halogens is 1. The molecule has 0 bridgehead atoms. The topological polar surface area (TPSA) is 29.5 Å². The zero-order valence-electron chi connectivity index (χ0n) is 5.98. The van der Waals surface area contributed by atoms with Crippen molar-refractivity contribution in [2.75, 3.05) is 13.3 Å². The molecule has 0 aromatic rings. The summed E-state index contributed by atoms with van der Waals surface area (Å²) in [5.41, 5.74) is 0. The van der Waals surface area contributed by atoms with Crippen molar-refractivity contribution in [3.63, 3.8) is 0 Å². The minimum absolute atomic E-state index is 0.220. The second kappa shape index (κ2) is 9.28. The van der Waals surface area contributed by atoms with Crippen molar-refractivity contribution in [3.8, 4) is 0 Å². The smallest absolute Gasteiger partial charge is 0.152 e. The van der Waals surface area contributed by atoms with Crippen LogP contribution >= 0.6 is 9.03 Å². The Morgan fingerprint density at radius 3 is 2.50 bits per heavy atom. The summed E-state index contributed by atoms with van der Waals surface area (Å²) in [6, 6.07) is 0. The van der Waals surface area contributed by atoms with E-state index in [1.165, 1.54) is 0 Å². The Hall–Kier alpha value is 0.280. The summed E-state index contributed by atoms with van der Waals surface area (Å²) in [5.74, 6) is 0. The van der Waals surface area contributed by atoms with Crippen LogP contribution in [0.2, 0.25) is 0 Å². The van der Waals surface area contributed by atoms with E-state index in [1.807, 2.05) is 0 Å². The van der Waals surface area contributed by atoms with Gasteiger partial charge in [0.1, 0.15) is 0 Å². The van der Waals surface area contributed by atoms with Gasteiger partial charge in [-0.05, 0) is 12.8 Å². The van der Waals surface area contributed by atoms with Crippen LogP contribution in [0.5, 0.6) is 0 Å². The van der Waals surface area contributed by atoms with E-state index >= 15 is 0 Å². The van der Waals surface area contributed by atoms with E-state index in [-0.39, 0.29) is 6.67 Å². The Bertz CT molecular complexity index is 55.7. The molecule has 0 saturated heterocycles. The van der Waals surface area contributed by atoms with Gasteiger partial charge in [0.2, 0.25) is 0 Å². The molecule has 0 aliphatic rings. The molecule has 0 aromatic carbocycles. The lowest BCUT2D eigenvalue weighted by atomic mass is 10.2. The van der Waals surface area contributed by atoms with Crippen LogP contribution in [0.3, 0.4) is 0 Å². The van der Waals surface area contributed by atoms with E-state index in [0.717, 1.165) is 19.3 Å². The number of hydrogen-bond donors (Lipinski definition) is 1. The number of unbranched alkanes of at least 4 members (excludes halogenated alkanes) is 3. The number of alkyl halides is 1. The lowest BCUT2D eigenvalue weighted by Crippen LogP contribution is -1.86. The molecule has 0 heterocycles. The first-order chi connectivity index (χ1) is 4.91. The van der Waals surface area contributed by atoms with Gasteiger partial charge in [-0.1, -0.05) is 12.8 Å². The minimum Gasteiger partial charge on any atom is -0.352 e. The molecule has 0 saturated carbocycles. The van der Waals surface area contributed by atoms with Crippen LogP contribution in [0.1, 0.15) is 25.7 Å². The maximum atomic E-state index is 11.5. The summed E-state index contributed by atoms with van der Waals surface area (Å²) in [6.07, 6.45) is 3.50. The molecule has 4 heteroatoms. The van der Waals surface area contributed by atoms with Crippen LogP contribution in [0.25, 0.3) is 0 Å². The largest absolute Gasteiger partial charge is 0.352 e. The molecule has 0 aliphatic carbocycles. The molecule has 1 atom stereocenters. The predicted octanol–water partition coefficient (Wildman–Crippen LogP) is 2.03. The van der Waals surface area contributed by atoms with E-state index in [0.29, 0.717) is 13.0 Å². The summed E-state index contributed by atoms with van der Waals surface area (Å²) in [6.45, 7) is 0.379. The van der Waals surface area contributed by atoms with E-state index < -0.39 is 9.03 Å². The molecule has 1 unspecified atom stereocenters. The van der Waals surface area contributed by atoms with Crippen LogP contribution in [0.4, 0.5) is 4.39 Å². The number of rotatable bonds is 7. The summed E-state index contributed by atoms with van der Waals surface area (Å²) >= 11 is 0. The van der Waals surface area contributed by atoms with Gasteiger partial charge in [0.05, 0.1) is 13.3 Å². The van der Waals surface area contributed by atoms with Crippen LogP contribution in [-0.2, 0) is 4.52 Å². The third-order valence-corrected chi connectivity index (χ3v) is 1.53. The van der Waals surface area contributed by atoms with Crippen molar-refractivity contribution in [2.45, 2.75) is 25.7 Å². The molecule has 0 spiro atoms. The molecule has 0 rings (SSSR count). The molecule has 0 radical (unpaired) electrons. The van der Waals surface area contributed by atoms with Gasteiger partial charge in [-0.2, -0.15) is 0 Å². The molecule has 0 amide bonds. The summed E-state index contributed by atoms with van der Waals surface area (Å²) < 4.78 is 16.2. The van der Waals surface area contributed by atoms with Gasteiger partial charge in [0, 0.05) is 0 Å². The Balaban J connectivity index is 2.65. The van der Waals surface area contributed by atoms with E-state index in [9.17, 15) is 4.39 Å². The second-order valence-electron chi connectivity index (χ2n) is 2.04. The van der Waals surface area contributed by atoms with Crippen molar-refractivity contribution in [2.24, 2.45) is 0 Å². The predicted molar refractivity (Wildman–Crippen MR) is 40.9 cm³/mol. The maximum Gasteiger partial charge on any atom is 0.152 e. The van der Waals surface area contributed by atoms with Gasteiger partial charge in [-0.3, -0.25) is 4.39 Å². The fourth-order valence-electron chi connectivity index (χ4n) is 0.668. The molecule has 2 nitrogen and oxygen atoms in total. The molecule has 0 fully saturated rings. The molecule has 0 aromatic heterocycles. The maximum absolute atomic E-state index is 11.5. The van der Waals surface area contributed by atoms with Gasteiger partial charge >= 0.3 is 0 Å². The van der Waals surface area contributed by atoms with Crippen molar-refractivity contribution in [1.29, 1.82) is 0 Å². The second-order valence-corrected chi connectivity index (χ2v) is 2.51. The molecular weight excluding hydrogens is 154 g/mol. The van der Waals surface area contributed by atoms with Gasteiger partial charge in [0.15, 0.2) is 9.03 Å². The van der Waals surface area contributed by atoms with Gasteiger partial charge in [0.25, 0.3) is 0 Å². The highest BCUT2D eigenvalue weighted by Crippen LogP contribution is 2.06. The van der Waals surface area contributed by atoms with Crippen molar-refractivity contribution in [3.05, 3.63) is 0 Å². The fraction of sp³-hybridized carbons (Fsp3) is 1.00. The molecule has 1 N–H and O–H groups in total. The SMILES string of the molecule is OPOCCCCCCF. The standard InChI is InChI=1S/C6H14FO2P/c7-5-3-1-2-4-6-9-10-8/h8,10H,1-6H2. The molecule has 10 heavy (non-hydrogen) atoms. The summed E-state index contributed by atoms with van der Waals surface area (Å²) in [5, 5.41) is 0. The van der Waals surface area contributed by atoms with Crippen LogP contribution in [-0.4, -0.2) is 18.2 Å². The highest BCUT2D eigenvalue weighted by atomic mass is 31.1. The fourth-order valence-corrected chi connectivity index (χ4v) is 0.904. The Kier molecular flexibility index (Phi) is 9.54. The molecule has 62 valence electrons. The first kappa shape index (κ1) is 10.3. The van der Waals surface area contributed by atoms with E-state index in [4.69, 9.17) is 9.42 Å². The zero-order chi connectivity index (χ0) is 7.66. The molecular formula is C6H14FO2P. The Labute approximate surface area is 62.7 Å². The first-order valence-electron chi connectivity index (χ1n) is 3.48. The summed E-state index contributed by atoms with van der Waals surface area (Å²) in [4.78, 5) is 8.21. The first-order valence-corrected chi connectivity index (χ1v) is 4.34. The minimum atomic E-state index is -0.404. The highest BCUT2D eigenvalue weighted by Gasteiger charge is 1.88. The van der Waals surface area contributed by atoms with E-state index in [1.54, 1.807) is 0 Å². The van der Waals surface area contributed by atoms with Gasteiger partial charge in [-0.15, -0.1) is 0 Å². The lowest BCUT2D eigenvalue weighted by Gasteiger charge is -1.97. The third kappa shape index (κ3) is 8.28. The van der Waals surface area contributed by atoms with Crippen molar-refractivity contribution < 1.29 is 13.8 Å². The van der Waals surface area contributed by atoms with E-state index in [2.05, 4.69) is 0 Å². The molecule has 0 aliphatic heterocycles. The van der Waals surface area contributed by atoms with Crippen LogP contribution in [0, 0.1) is 0 Å². The zero-order valence-corrected chi connectivity index (χ0v) is 6.98. The Morgan fingerprint density at radius 2 is 1.90 bits per heavy atom. The van der Waals surface area contributed by atoms with Crippen LogP contribution < -0.4 is 0 Å². The Morgan fingerprint density at radius 1 is 1.20 bits per heavy atom. The monoisotopic (exact) mass is 168 g/mol. The average molecular weight is 168 g/mol. The quantitative estimate of drug-likeness (QED) is 0.465. The third-order valence-electron chi connectivity index (χ3n) is 1.19. The average Bonchev–Trinajstić information content (AvgIpc) is 1.97.